The fourth-order valence-electron chi connectivity index (χ4n) is 5.41. The Morgan fingerprint density at radius 2 is 1.57 bits per heavy atom. The second kappa shape index (κ2) is 11.7. The number of halogens is 1. The number of nitrogens with one attached hydrogen (secondary N) is 1. The molecule has 1 heterocycles. The van der Waals surface area contributed by atoms with Crippen molar-refractivity contribution in [1.82, 2.24) is 10.2 Å². The molecule has 2 N–H and O–H groups in total. The smallest absolute Gasteiger partial charge is 0.292 e. The zero-order valence-corrected chi connectivity index (χ0v) is 23.3. The summed E-state index contributed by atoms with van der Waals surface area (Å²) in [5, 5.41) is 14.6. The Morgan fingerprint density at radius 1 is 0.925 bits per heavy atom. The van der Waals surface area contributed by atoms with E-state index in [1.165, 1.54) is 18.4 Å². The fourth-order valence-corrected chi connectivity index (χ4v) is 5.64. The van der Waals surface area contributed by atoms with E-state index in [4.69, 9.17) is 16.3 Å². The van der Waals surface area contributed by atoms with E-state index in [0.29, 0.717) is 34.4 Å². The van der Waals surface area contributed by atoms with E-state index in [1.54, 1.807) is 30.3 Å². The molecule has 3 fully saturated rings. The predicted molar refractivity (Wildman–Crippen MR) is 156 cm³/mol. The standard InChI is InChI=1S/C33H35ClN2O4/c34-28-19-26(13-16-30(28)40-27-14-15-27)31(37)29(20-36-17-1-2-18-36)35-33(39)32(38)25-11-9-24(10-12-25)23-7-5-22(6-8-23)21-3-4-21/h5-13,16,19,21,27,29,31,37H,1-4,14-15,17-18,20H2,(H,35,39). The molecule has 2 unspecified atom stereocenters. The summed E-state index contributed by atoms with van der Waals surface area (Å²) in [6.07, 6.45) is 5.90. The lowest BCUT2D eigenvalue weighted by Crippen LogP contribution is -2.48. The Labute approximate surface area is 240 Å². The van der Waals surface area contributed by atoms with Gasteiger partial charge in [0.1, 0.15) is 11.9 Å². The van der Waals surface area contributed by atoms with E-state index >= 15 is 0 Å². The third-order valence-corrected chi connectivity index (χ3v) is 8.41. The second-order valence-corrected chi connectivity index (χ2v) is 11.7. The number of hydrogen-bond acceptors (Lipinski definition) is 5. The van der Waals surface area contributed by atoms with E-state index in [0.717, 1.165) is 49.9 Å². The lowest BCUT2D eigenvalue weighted by Gasteiger charge is -2.28. The molecule has 2 saturated carbocycles. The number of ketones is 1. The molecule has 1 amide bonds. The number of carbonyl (C=O) groups is 2. The third-order valence-electron chi connectivity index (χ3n) is 8.11. The first kappa shape index (κ1) is 27.0. The number of aliphatic hydroxyl groups is 1. The highest BCUT2D eigenvalue weighted by Gasteiger charge is 2.30. The molecule has 0 aromatic heterocycles. The van der Waals surface area contributed by atoms with E-state index in [-0.39, 0.29) is 6.10 Å². The van der Waals surface area contributed by atoms with Crippen molar-refractivity contribution in [3.8, 4) is 16.9 Å². The van der Waals surface area contributed by atoms with Gasteiger partial charge in [0, 0.05) is 12.1 Å². The maximum atomic E-state index is 13.1. The normalized spacial score (nSPS) is 18.8. The molecule has 7 heteroatoms. The van der Waals surface area contributed by atoms with Gasteiger partial charge in [0.05, 0.1) is 17.2 Å². The number of rotatable bonds is 11. The first-order valence-electron chi connectivity index (χ1n) is 14.4. The van der Waals surface area contributed by atoms with Crippen LogP contribution in [0.1, 0.15) is 72.0 Å². The fraction of sp³-hybridized carbons (Fsp3) is 0.394. The first-order chi connectivity index (χ1) is 19.4. The van der Waals surface area contributed by atoms with Gasteiger partial charge >= 0.3 is 0 Å². The Balaban J connectivity index is 1.14. The number of carbonyl (C=O) groups excluding carboxylic acids is 2. The number of aliphatic hydroxyl groups excluding tert-OH is 1. The highest BCUT2D eigenvalue weighted by Crippen LogP contribution is 2.40. The van der Waals surface area contributed by atoms with Gasteiger partial charge in [0.15, 0.2) is 0 Å². The van der Waals surface area contributed by atoms with Crippen molar-refractivity contribution in [2.24, 2.45) is 0 Å². The van der Waals surface area contributed by atoms with Crippen molar-refractivity contribution in [2.75, 3.05) is 19.6 Å². The number of hydrogen-bond donors (Lipinski definition) is 2. The molecule has 0 spiro atoms. The molecule has 3 aromatic carbocycles. The van der Waals surface area contributed by atoms with Crippen LogP contribution in [0.2, 0.25) is 5.02 Å². The van der Waals surface area contributed by atoms with Crippen LogP contribution in [0.25, 0.3) is 11.1 Å². The molecule has 2 atom stereocenters. The van der Waals surface area contributed by atoms with Crippen molar-refractivity contribution in [1.29, 1.82) is 0 Å². The summed E-state index contributed by atoms with van der Waals surface area (Å²) in [6, 6.07) is 20.2. The van der Waals surface area contributed by atoms with Crippen LogP contribution < -0.4 is 10.1 Å². The molecule has 3 aliphatic rings. The maximum absolute atomic E-state index is 13.1. The lowest BCUT2D eigenvalue weighted by atomic mass is 9.99. The van der Waals surface area contributed by atoms with Gasteiger partial charge in [-0.25, -0.2) is 0 Å². The summed E-state index contributed by atoms with van der Waals surface area (Å²) >= 11 is 6.45. The van der Waals surface area contributed by atoms with Crippen LogP contribution in [0.15, 0.2) is 66.7 Å². The minimum absolute atomic E-state index is 0.212. The maximum Gasteiger partial charge on any atom is 0.292 e. The Bertz CT molecular complexity index is 1360. The van der Waals surface area contributed by atoms with Crippen molar-refractivity contribution < 1.29 is 19.4 Å². The van der Waals surface area contributed by atoms with E-state index < -0.39 is 23.8 Å². The molecular formula is C33H35ClN2O4. The Kier molecular flexibility index (Phi) is 7.92. The van der Waals surface area contributed by atoms with Crippen LogP contribution in [-0.4, -0.2) is 53.5 Å². The van der Waals surface area contributed by atoms with Crippen LogP contribution >= 0.6 is 11.6 Å². The van der Waals surface area contributed by atoms with E-state index in [9.17, 15) is 14.7 Å². The minimum atomic E-state index is -1.04. The number of amides is 1. The molecule has 3 aromatic rings. The SMILES string of the molecule is O=C(NC(CN1CCCC1)C(O)c1ccc(OC2CC2)c(Cl)c1)C(=O)c1ccc(-c2ccc(C3CC3)cc2)cc1. The molecule has 2 aliphatic carbocycles. The van der Waals surface area contributed by atoms with Crippen LogP contribution in [0.4, 0.5) is 0 Å². The zero-order chi connectivity index (χ0) is 27.6. The van der Waals surface area contributed by atoms with Gasteiger partial charge in [-0.05, 0) is 91.9 Å². The number of Topliss-reactive ketones (excluding diaryl/α,β-unsaturated/α-hetero) is 1. The molecule has 0 radical (unpaired) electrons. The van der Waals surface area contributed by atoms with Gasteiger partial charge in [-0.3, -0.25) is 9.59 Å². The summed E-state index contributed by atoms with van der Waals surface area (Å²) in [6.45, 7) is 2.23. The lowest BCUT2D eigenvalue weighted by molar-refractivity contribution is -0.118. The molecule has 0 bridgehead atoms. The van der Waals surface area contributed by atoms with Crippen LogP contribution in [0, 0.1) is 0 Å². The van der Waals surface area contributed by atoms with Gasteiger partial charge < -0.3 is 20.1 Å². The zero-order valence-electron chi connectivity index (χ0n) is 22.5. The van der Waals surface area contributed by atoms with Crippen molar-refractivity contribution in [3.05, 3.63) is 88.4 Å². The molecule has 1 aliphatic heterocycles. The molecule has 6 nitrogen and oxygen atoms in total. The van der Waals surface area contributed by atoms with Gasteiger partial charge in [-0.1, -0.05) is 66.2 Å². The van der Waals surface area contributed by atoms with Gasteiger partial charge in [-0.2, -0.15) is 0 Å². The van der Waals surface area contributed by atoms with Gasteiger partial charge in [0.2, 0.25) is 5.78 Å². The van der Waals surface area contributed by atoms with Crippen molar-refractivity contribution in [2.45, 2.75) is 62.7 Å². The monoisotopic (exact) mass is 558 g/mol. The second-order valence-electron chi connectivity index (χ2n) is 11.3. The molecule has 208 valence electrons. The summed E-state index contributed by atoms with van der Waals surface area (Å²) in [7, 11) is 0. The summed E-state index contributed by atoms with van der Waals surface area (Å²) in [5.41, 5.74) is 4.33. The Hall–Kier alpha value is -3.19. The summed E-state index contributed by atoms with van der Waals surface area (Å²) in [4.78, 5) is 28.5. The van der Waals surface area contributed by atoms with E-state index in [1.807, 2.05) is 12.1 Å². The number of likely N-dealkylation sites (tertiary alicyclic amines) is 1. The van der Waals surface area contributed by atoms with Crippen molar-refractivity contribution in [3.63, 3.8) is 0 Å². The first-order valence-corrected chi connectivity index (χ1v) is 14.7. The quantitative estimate of drug-likeness (QED) is 0.225. The Morgan fingerprint density at radius 3 is 2.17 bits per heavy atom. The van der Waals surface area contributed by atoms with E-state index in [2.05, 4.69) is 34.5 Å². The topological polar surface area (TPSA) is 78.9 Å². The van der Waals surface area contributed by atoms with Gasteiger partial charge in [-0.15, -0.1) is 0 Å². The van der Waals surface area contributed by atoms with Crippen LogP contribution in [-0.2, 0) is 4.79 Å². The highest BCUT2D eigenvalue weighted by atomic mass is 35.5. The summed E-state index contributed by atoms with van der Waals surface area (Å²) < 4.78 is 5.82. The van der Waals surface area contributed by atoms with Crippen LogP contribution in [0.5, 0.6) is 5.75 Å². The predicted octanol–water partition coefficient (Wildman–Crippen LogP) is 5.92. The average molecular weight is 559 g/mol. The number of benzene rings is 3. The molecular weight excluding hydrogens is 524 g/mol. The minimum Gasteiger partial charge on any atom is -0.489 e. The molecule has 6 rings (SSSR count). The summed E-state index contributed by atoms with van der Waals surface area (Å²) in [5.74, 6) is -0.0548. The number of nitrogens with zero attached hydrogens (tertiary/aromatic N) is 1. The third kappa shape index (κ3) is 6.41. The average Bonchev–Trinajstić information content (AvgIpc) is 3.92. The largest absolute Gasteiger partial charge is 0.489 e. The van der Waals surface area contributed by atoms with Crippen molar-refractivity contribution >= 4 is 23.3 Å². The van der Waals surface area contributed by atoms with Gasteiger partial charge in [0.25, 0.3) is 5.91 Å². The molecule has 1 saturated heterocycles. The number of ether oxygens (including phenoxy) is 1. The molecule has 40 heavy (non-hydrogen) atoms. The highest BCUT2D eigenvalue weighted by molar-refractivity contribution is 6.42. The van der Waals surface area contributed by atoms with Crippen LogP contribution in [0.3, 0.4) is 0 Å².